The van der Waals surface area contributed by atoms with Gasteiger partial charge in [-0.2, -0.15) is 0 Å². The number of amides is 1. The second-order valence-corrected chi connectivity index (χ2v) is 7.53. The highest BCUT2D eigenvalue weighted by atomic mass is 16.5. The minimum absolute atomic E-state index is 0.0401. The zero-order valence-corrected chi connectivity index (χ0v) is 13.3. The maximum Gasteiger partial charge on any atom is 0.326 e. The first-order chi connectivity index (χ1) is 11.0. The molecule has 2 saturated carbocycles. The first-order valence-corrected chi connectivity index (χ1v) is 8.60. The third-order valence-corrected chi connectivity index (χ3v) is 6.05. The van der Waals surface area contributed by atoms with E-state index in [2.05, 4.69) is 12.2 Å². The highest BCUT2D eigenvalue weighted by Gasteiger charge is 2.58. The fourth-order valence-electron chi connectivity index (χ4n) is 4.75. The number of allylic oxidation sites excluding steroid dienone is 2. The van der Waals surface area contributed by atoms with E-state index in [4.69, 9.17) is 10.5 Å². The zero-order chi connectivity index (χ0) is 16.3. The molecule has 3 aliphatic carbocycles. The van der Waals surface area contributed by atoms with E-state index in [0.717, 1.165) is 19.3 Å². The number of aliphatic carboxylic acids is 1. The van der Waals surface area contributed by atoms with Gasteiger partial charge in [-0.05, 0) is 43.9 Å². The summed E-state index contributed by atoms with van der Waals surface area (Å²) in [6, 6.07) is -1.53. The van der Waals surface area contributed by atoms with Crippen LogP contribution in [-0.4, -0.2) is 52.7 Å². The summed E-state index contributed by atoms with van der Waals surface area (Å²) in [6.07, 6.45) is 7.25. The number of nitrogens with zero attached hydrogens (tertiary/aromatic N) is 1. The molecule has 4 rings (SSSR count). The molecular weight excluding hydrogens is 296 g/mol. The van der Waals surface area contributed by atoms with E-state index >= 15 is 0 Å². The molecule has 6 nitrogen and oxygen atoms in total. The van der Waals surface area contributed by atoms with E-state index in [9.17, 15) is 14.7 Å². The minimum Gasteiger partial charge on any atom is -0.480 e. The Morgan fingerprint density at radius 3 is 2.65 bits per heavy atom. The SMILES string of the molecule is C[C@@H](OC1CC1)[C@H](N)C(=O)N1C[C@H]2[C@@H]([C@H]1C(=O)O)[C@H]1C=C[C@@H]2C1. The van der Waals surface area contributed by atoms with E-state index < -0.39 is 18.1 Å². The minimum atomic E-state index is -0.908. The lowest BCUT2D eigenvalue weighted by molar-refractivity contribution is -0.151. The molecule has 0 aromatic heterocycles. The highest BCUT2D eigenvalue weighted by Crippen LogP contribution is 2.54. The third kappa shape index (κ3) is 2.39. The monoisotopic (exact) mass is 320 g/mol. The van der Waals surface area contributed by atoms with Crippen LogP contribution in [0.3, 0.4) is 0 Å². The van der Waals surface area contributed by atoms with Gasteiger partial charge in [0.15, 0.2) is 0 Å². The van der Waals surface area contributed by atoms with E-state index in [1.807, 2.05) is 0 Å². The molecule has 1 aliphatic heterocycles. The predicted octanol–water partition coefficient (Wildman–Crippen LogP) is 0.615. The summed E-state index contributed by atoms with van der Waals surface area (Å²) in [5.41, 5.74) is 6.09. The normalized spacial score (nSPS) is 40.3. The summed E-state index contributed by atoms with van der Waals surface area (Å²) in [5, 5.41) is 9.69. The molecule has 0 aromatic rings. The van der Waals surface area contributed by atoms with Gasteiger partial charge >= 0.3 is 5.97 Å². The summed E-state index contributed by atoms with van der Waals surface area (Å²) < 4.78 is 5.72. The van der Waals surface area contributed by atoms with Crippen molar-refractivity contribution in [2.24, 2.45) is 29.4 Å². The molecule has 4 aliphatic rings. The van der Waals surface area contributed by atoms with Crippen LogP contribution in [0.15, 0.2) is 12.2 Å². The summed E-state index contributed by atoms with van der Waals surface area (Å²) >= 11 is 0. The van der Waals surface area contributed by atoms with Gasteiger partial charge in [0, 0.05) is 12.5 Å². The first kappa shape index (κ1) is 15.1. The molecule has 7 atom stereocenters. The van der Waals surface area contributed by atoms with Crippen LogP contribution in [-0.2, 0) is 14.3 Å². The molecule has 0 aromatic carbocycles. The molecule has 0 radical (unpaired) electrons. The molecule has 6 heteroatoms. The Morgan fingerprint density at radius 1 is 1.30 bits per heavy atom. The third-order valence-electron chi connectivity index (χ3n) is 6.05. The second-order valence-electron chi connectivity index (χ2n) is 7.53. The molecule has 1 saturated heterocycles. The van der Waals surface area contributed by atoms with Crippen LogP contribution in [0, 0.1) is 23.7 Å². The van der Waals surface area contributed by atoms with Crippen LogP contribution < -0.4 is 5.73 Å². The molecular formula is C17H24N2O4. The summed E-state index contributed by atoms with van der Waals surface area (Å²) in [7, 11) is 0. The largest absolute Gasteiger partial charge is 0.480 e. The lowest BCUT2D eigenvalue weighted by Crippen LogP contribution is -2.54. The Kier molecular flexibility index (Phi) is 3.50. The fourth-order valence-corrected chi connectivity index (χ4v) is 4.75. The smallest absolute Gasteiger partial charge is 0.326 e. The van der Waals surface area contributed by atoms with Crippen LogP contribution in [0.4, 0.5) is 0 Å². The van der Waals surface area contributed by atoms with Gasteiger partial charge in [-0.25, -0.2) is 4.79 Å². The Labute approximate surface area is 135 Å². The number of rotatable bonds is 5. The molecule has 2 bridgehead atoms. The Balaban J connectivity index is 1.51. The molecule has 23 heavy (non-hydrogen) atoms. The molecule has 3 N–H and O–H groups in total. The molecule has 1 heterocycles. The molecule has 0 spiro atoms. The lowest BCUT2D eigenvalue weighted by atomic mass is 9.82. The number of ether oxygens (including phenoxy) is 1. The summed E-state index contributed by atoms with van der Waals surface area (Å²) in [6.45, 7) is 2.31. The maximum atomic E-state index is 12.8. The first-order valence-electron chi connectivity index (χ1n) is 8.60. The quantitative estimate of drug-likeness (QED) is 0.724. The Hall–Kier alpha value is -1.40. The molecule has 3 fully saturated rings. The Morgan fingerprint density at radius 2 is 2.00 bits per heavy atom. The second kappa shape index (κ2) is 5.31. The summed E-state index contributed by atoms with van der Waals surface area (Å²) in [5.74, 6) is -0.171. The van der Waals surface area contributed by atoms with Crippen molar-refractivity contribution in [1.82, 2.24) is 4.90 Å². The van der Waals surface area contributed by atoms with Crippen LogP contribution in [0.2, 0.25) is 0 Å². The molecule has 0 unspecified atom stereocenters. The molecule has 126 valence electrons. The van der Waals surface area contributed by atoms with Crippen molar-refractivity contribution in [1.29, 1.82) is 0 Å². The summed E-state index contributed by atoms with van der Waals surface area (Å²) in [4.78, 5) is 26.1. The highest BCUT2D eigenvalue weighted by molar-refractivity contribution is 5.88. The van der Waals surface area contributed by atoms with E-state index in [-0.39, 0.29) is 30.0 Å². The number of fused-ring (bicyclic) bond motifs is 5. The van der Waals surface area contributed by atoms with Crippen LogP contribution in [0.5, 0.6) is 0 Å². The van der Waals surface area contributed by atoms with Gasteiger partial charge < -0.3 is 20.5 Å². The van der Waals surface area contributed by atoms with Crippen LogP contribution >= 0.6 is 0 Å². The van der Waals surface area contributed by atoms with Crippen molar-refractivity contribution < 1.29 is 19.4 Å². The van der Waals surface area contributed by atoms with Gasteiger partial charge in [0.05, 0.1) is 12.2 Å². The van der Waals surface area contributed by atoms with Gasteiger partial charge in [-0.15, -0.1) is 0 Å². The number of nitrogens with two attached hydrogens (primary N) is 1. The van der Waals surface area contributed by atoms with Gasteiger partial charge in [-0.1, -0.05) is 12.2 Å². The van der Waals surface area contributed by atoms with Crippen LogP contribution in [0.25, 0.3) is 0 Å². The average Bonchev–Trinajstić information content (AvgIpc) is 2.98. The molecule has 1 amide bonds. The van der Waals surface area contributed by atoms with Crippen molar-refractivity contribution in [3.63, 3.8) is 0 Å². The van der Waals surface area contributed by atoms with Crippen LogP contribution in [0.1, 0.15) is 26.2 Å². The zero-order valence-electron chi connectivity index (χ0n) is 13.3. The number of likely N-dealkylation sites (tertiary alicyclic amines) is 1. The van der Waals surface area contributed by atoms with E-state index in [1.165, 1.54) is 4.90 Å². The van der Waals surface area contributed by atoms with Crippen molar-refractivity contribution in [3.05, 3.63) is 12.2 Å². The number of hydrogen-bond acceptors (Lipinski definition) is 4. The lowest BCUT2D eigenvalue weighted by Gasteiger charge is -2.30. The average molecular weight is 320 g/mol. The topological polar surface area (TPSA) is 92.9 Å². The number of carboxylic acid groups (broad SMARTS) is 1. The number of carbonyl (C=O) groups is 2. The van der Waals surface area contributed by atoms with Crippen molar-refractivity contribution in [2.45, 2.75) is 50.5 Å². The standard InChI is InChI=1S/C17H24N2O4/c1-8(23-11-4-5-11)14(18)16(20)19-7-12-9-2-3-10(6-9)13(12)15(19)17(21)22/h2-3,8-15H,4-7,18H2,1H3,(H,21,22)/t8-,9-,10+,12-,13+,14+,15+/m1/s1. The van der Waals surface area contributed by atoms with E-state index in [0.29, 0.717) is 18.4 Å². The van der Waals surface area contributed by atoms with E-state index in [1.54, 1.807) is 6.92 Å². The number of carboxylic acids is 1. The predicted molar refractivity (Wildman–Crippen MR) is 82.4 cm³/mol. The van der Waals surface area contributed by atoms with Crippen molar-refractivity contribution >= 4 is 11.9 Å². The Bertz CT molecular complexity index is 559. The number of carbonyl (C=O) groups excluding carboxylic acids is 1. The van der Waals surface area contributed by atoms with Crippen molar-refractivity contribution in [2.75, 3.05) is 6.54 Å². The van der Waals surface area contributed by atoms with Gasteiger partial charge in [0.2, 0.25) is 5.91 Å². The fraction of sp³-hybridized carbons (Fsp3) is 0.765. The van der Waals surface area contributed by atoms with Crippen molar-refractivity contribution in [3.8, 4) is 0 Å². The maximum absolute atomic E-state index is 12.8. The number of hydrogen-bond donors (Lipinski definition) is 2. The van der Waals surface area contributed by atoms with Gasteiger partial charge in [0.25, 0.3) is 0 Å². The van der Waals surface area contributed by atoms with Gasteiger partial charge in [0.1, 0.15) is 12.1 Å². The van der Waals surface area contributed by atoms with Gasteiger partial charge in [-0.3, -0.25) is 4.79 Å².